The Hall–Kier alpha value is -0.0800. The van der Waals surface area contributed by atoms with Crippen LogP contribution in [0.2, 0.25) is 0 Å². The average molecular weight is 250 g/mol. The van der Waals surface area contributed by atoms with Crippen molar-refractivity contribution >= 4 is 0 Å². The minimum Gasteiger partial charge on any atom is -0.298 e. The smallest absolute Gasteiger partial charge is 0.0113 e. The summed E-state index contributed by atoms with van der Waals surface area (Å²) in [6, 6.07) is 1.86. The van der Waals surface area contributed by atoms with E-state index < -0.39 is 0 Å². The first kappa shape index (κ1) is 12.9. The van der Waals surface area contributed by atoms with Gasteiger partial charge in [-0.05, 0) is 31.6 Å². The van der Waals surface area contributed by atoms with Gasteiger partial charge in [0.1, 0.15) is 0 Å². The highest BCUT2D eigenvalue weighted by Crippen LogP contribution is 2.29. The van der Waals surface area contributed by atoms with E-state index in [0.717, 1.165) is 18.0 Å². The summed E-state index contributed by atoms with van der Waals surface area (Å²) >= 11 is 0. The molecule has 104 valence electrons. The van der Waals surface area contributed by atoms with Crippen molar-refractivity contribution in [2.45, 2.75) is 70.4 Å². The molecular weight excluding hydrogens is 220 g/mol. The summed E-state index contributed by atoms with van der Waals surface area (Å²) in [7, 11) is 0. The fourth-order valence-electron chi connectivity index (χ4n) is 4.47. The normalized spacial score (nSPS) is 37.2. The summed E-state index contributed by atoms with van der Waals surface area (Å²) in [6.07, 6.45) is 11.8. The summed E-state index contributed by atoms with van der Waals surface area (Å²) in [6.45, 7) is 7.81. The van der Waals surface area contributed by atoms with E-state index in [4.69, 9.17) is 0 Å². The van der Waals surface area contributed by atoms with Crippen molar-refractivity contribution in [3.05, 3.63) is 0 Å². The predicted octanol–water partition coefficient (Wildman–Crippen LogP) is 3.13. The van der Waals surface area contributed by atoms with Gasteiger partial charge in [-0.15, -0.1) is 0 Å². The second kappa shape index (κ2) is 5.92. The van der Waals surface area contributed by atoms with E-state index in [1.165, 1.54) is 77.5 Å². The van der Waals surface area contributed by atoms with Crippen LogP contribution in [0.15, 0.2) is 0 Å². The molecule has 1 saturated heterocycles. The third-order valence-electron chi connectivity index (χ3n) is 5.62. The standard InChI is InChI=1S/C16H30N2/c1-14-5-4-8-16(13-14)18-11-9-17(10-12-18)15-6-2-3-7-15/h14-16H,2-13H2,1H3/t14-,16-/m0/s1. The molecule has 0 aromatic rings. The van der Waals surface area contributed by atoms with Crippen LogP contribution >= 0.6 is 0 Å². The quantitative estimate of drug-likeness (QED) is 0.743. The molecule has 2 aliphatic carbocycles. The van der Waals surface area contributed by atoms with Gasteiger partial charge in [-0.1, -0.05) is 32.6 Å². The second-order valence-corrected chi connectivity index (χ2v) is 6.94. The molecule has 18 heavy (non-hydrogen) atoms. The number of hydrogen-bond acceptors (Lipinski definition) is 2. The first-order valence-corrected chi connectivity index (χ1v) is 8.31. The molecule has 0 aromatic carbocycles. The fraction of sp³-hybridized carbons (Fsp3) is 1.00. The van der Waals surface area contributed by atoms with Crippen LogP contribution < -0.4 is 0 Å². The minimum atomic E-state index is 0.916. The van der Waals surface area contributed by atoms with Gasteiger partial charge in [0.05, 0.1) is 0 Å². The summed E-state index contributed by atoms with van der Waals surface area (Å²) in [5.41, 5.74) is 0. The zero-order valence-corrected chi connectivity index (χ0v) is 12.1. The lowest BCUT2D eigenvalue weighted by Crippen LogP contribution is -2.53. The maximum atomic E-state index is 2.81. The monoisotopic (exact) mass is 250 g/mol. The molecule has 3 rings (SSSR count). The van der Waals surface area contributed by atoms with Gasteiger partial charge in [0.25, 0.3) is 0 Å². The van der Waals surface area contributed by atoms with Crippen molar-refractivity contribution in [3.8, 4) is 0 Å². The third-order valence-corrected chi connectivity index (χ3v) is 5.62. The minimum absolute atomic E-state index is 0.916. The fourth-order valence-corrected chi connectivity index (χ4v) is 4.47. The number of nitrogens with zero attached hydrogens (tertiary/aromatic N) is 2. The Morgan fingerprint density at radius 1 is 0.667 bits per heavy atom. The molecule has 0 bridgehead atoms. The second-order valence-electron chi connectivity index (χ2n) is 6.94. The largest absolute Gasteiger partial charge is 0.298 e. The first-order chi connectivity index (χ1) is 8.83. The van der Waals surface area contributed by atoms with E-state index >= 15 is 0 Å². The zero-order chi connectivity index (χ0) is 12.4. The number of rotatable bonds is 2. The lowest BCUT2D eigenvalue weighted by atomic mass is 9.86. The molecule has 0 radical (unpaired) electrons. The SMILES string of the molecule is C[C@H]1CCC[C@H](N2CCN(C3CCCC3)CC2)C1. The summed E-state index contributed by atoms with van der Waals surface area (Å²) in [5, 5.41) is 0. The van der Waals surface area contributed by atoms with Gasteiger partial charge in [0.15, 0.2) is 0 Å². The molecule has 0 spiro atoms. The van der Waals surface area contributed by atoms with Crippen LogP contribution in [0.3, 0.4) is 0 Å². The Balaban J connectivity index is 1.47. The highest BCUT2D eigenvalue weighted by molar-refractivity contribution is 4.86. The van der Waals surface area contributed by atoms with E-state index in [2.05, 4.69) is 16.7 Å². The summed E-state index contributed by atoms with van der Waals surface area (Å²) in [4.78, 5) is 5.59. The molecule has 3 fully saturated rings. The maximum Gasteiger partial charge on any atom is 0.0113 e. The van der Waals surface area contributed by atoms with Crippen LogP contribution in [0.5, 0.6) is 0 Å². The predicted molar refractivity (Wildman–Crippen MR) is 76.8 cm³/mol. The molecular formula is C16H30N2. The van der Waals surface area contributed by atoms with E-state index in [9.17, 15) is 0 Å². The van der Waals surface area contributed by atoms with Crippen LogP contribution in [0.25, 0.3) is 0 Å². The maximum absolute atomic E-state index is 2.81. The van der Waals surface area contributed by atoms with Crippen molar-refractivity contribution in [1.82, 2.24) is 9.80 Å². The molecule has 2 atom stereocenters. The van der Waals surface area contributed by atoms with Crippen molar-refractivity contribution in [1.29, 1.82) is 0 Å². The Labute approximate surface area is 113 Å². The third kappa shape index (κ3) is 2.91. The summed E-state index contributed by atoms with van der Waals surface area (Å²) < 4.78 is 0. The van der Waals surface area contributed by atoms with Crippen molar-refractivity contribution in [2.75, 3.05) is 26.2 Å². The van der Waals surface area contributed by atoms with Gasteiger partial charge in [0, 0.05) is 38.3 Å². The zero-order valence-electron chi connectivity index (χ0n) is 12.1. The number of piperazine rings is 1. The van der Waals surface area contributed by atoms with Gasteiger partial charge in [-0.2, -0.15) is 0 Å². The van der Waals surface area contributed by atoms with E-state index in [1.807, 2.05) is 0 Å². The van der Waals surface area contributed by atoms with Crippen LogP contribution in [0.1, 0.15) is 58.3 Å². The van der Waals surface area contributed by atoms with E-state index in [-0.39, 0.29) is 0 Å². The van der Waals surface area contributed by atoms with Crippen molar-refractivity contribution < 1.29 is 0 Å². The molecule has 0 N–H and O–H groups in total. The highest BCUT2D eigenvalue weighted by atomic mass is 15.3. The molecule has 1 heterocycles. The van der Waals surface area contributed by atoms with E-state index in [1.54, 1.807) is 0 Å². The van der Waals surface area contributed by atoms with E-state index in [0.29, 0.717) is 0 Å². The van der Waals surface area contributed by atoms with Crippen molar-refractivity contribution in [2.24, 2.45) is 5.92 Å². The molecule has 2 nitrogen and oxygen atoms in total. The van der Waals surface area contributed by atoms with Crippen LogP contribution in [0.4, 0.5) is 0 Å². The highest BCUT2D eigenvalue weighted by Gasteiger charge is 2.30. The van der Waals surface area contributed by atoms with Gasteiger partial charge >= 0.3 is 0 Å². The average Bonchev–Trinajstić information content (AvgIpc) is 2.93. The molecule has 2 heteroatoms. The van der Waals surface area contributed by atoms with Crippen molar-refractivity contribution in [3.63, 3.8) is 0 Å². The van der Waals surface area contributed by atoms with Crippen LogP contribution in [-0.2, 0) is 0 Å². The van der Waals surface area contributed by atoms with Gasteiger partial charge in [-0.25, -0.2) is 0 Å². The van der Waals surface area contributed by atoms with Gasteiger partial charge < -0.3 is 0 Å². The molecule has 0 amide bonds. The topological polar surface area (TPSA) is 6.48 Å². The lowest BCUT2D eigenvalue weighted by Gasteiger charge is -2.43. The Bertz CT molecular complexity index is 252. The first-order valence-electron chi connectivity index (χ1n) is 8.31. The molecule has 1 aliphatic heterocycles. The lowest BCUT2D eigenvalue weighted by molar-refractivity contribution is 0.0504. The number of hydrogen-bond donors (Lipinski definition) is 0. The Kier molecular flexibility index (Phi) is 4.25. The Morgan fingerprint density at radius 3 is 1.83 bits per heavy atom. The molecule has 0 aromatic heterocycles. The van der Waals surface area contributed by atoms with Crippen LogP contribution in [0, 0.1) is 5.92 Å². The molecule has 0 unspecified atom stereocenters. The molecule has 2 saturated carbocycles. The van der Waals surface area contributed by atoms with Gasteiger partial charge in [0.2, 0.25) is 0 Å². The van der Waals surface area contributed by atoms with Crippen LogP contribution in [-0.4, -0.2) is 48.1 Å². The Morgan fingerprint density at radius 2 is 1.22 bits per heavy atom. The van der Waals surface area contributed by atoms with Gasteiger partial charge in [-0.3, -0.25) is 9.80 Å². The summed E-state index contributed by atoms with van der Waals surface area (Å²) in [5.74, 6) is 0.969. The molecule has 3 aliphatic rings.